The molecule has 1 fully saturated rings. The topological polar surface area (TPSA) is 42.0 Å². The number of halogens is 1. The van der Waals surface area contributed by atoms with Crippen LogP contribution in [0.1, 0.15) is 20.8 Å². The number of benzene rings is 1. The summed E-state index contributed by atoms with van der Waals surface area (Å²) in [5, 5.41) is 0.821. The lowest BCUT2D eigenvalue weighted by atomic mass is 10.2. The van der Waals surface area contributed by atoms with Crippen molar-refractivity contribution in [1.29, 1.82) is 0 Å². The van der Waals surface area contributed by atoms with Gasteiger partial charge in [-0.3, -0.25) is 0 Å². The Morgan fingerprint density at radius 1 is 1.13 bits per heavy atom. The molecule has 5 nitrogen and oxygen atoms in total. The maximum Gasteiger partial charge on any atom is 0.410 e. The van der Waals surface area contributed by atoms with Crippen molar-refractivity contribution < 1.29 is 14.3 Å². The SMILES string of the molecule is CC(C)(C)OC(=O)N1CCN(c2ccc(OCCBr)cc2)CC1. The van der Waals surface area contributed by atoms with Gasteiger partial charge in [-0.2, -0.15) is 0 Å². The number of carbonyl (C=O) groups is 1. The number of nitrogens with zero attached hydrogens (tertiary/aromatic N) is 2. The largest absolute Gasteiger partial charge is 0.493 e. The highest BCUT2D eigenvalue weighted by Gasteiger charge is 2.25. The molecule has 6 heteroatoms. The van der Waals surface area contributed by atoms with Crippen molar-refractivity contribution in [2.45, 2.75) is 26.4 Å². The van der Waals surface area contributed by atoms with Gasteiger partial charge in [-0.15, -0.1) is 0 Å². The number of hydrogen-bond donors (Lipinski definition) is 0. The van der Waals surface area contributed by atoms with E-state index in [1.165, 1.54) is 0 Å². The number of rotatable bonds is 4. The van der Waals surface area contributed by atoms with Crippen LogP contribution in [-0.2, 0) is 4.74 Å². The van der Waals surface area contributed by atoms with E-state index in [2.05, 4.69) is 33.0 Å². The molecule has 0 N–H and O–H groups in total. The summed E-state index contributed by atoms with van der Waals surface area (Å²) >= 11 is 3.34. The Labute approximate surface area is 146 Å². The molecule has 1 heterocycles. The summed E-state index contributed by atoms with van der Waals surface area (Å²) in [5.74, 6) is 0.876. The van der Waals surface area contributed by atoms with E-state index in [-0.39, 0.29) is 6.09 Å². The summed E-state index contributed by atoms with van der Waals surface area (Å²) in [5.41, 5.74) is 0.708. The van der Waals surface area contributed by atoms with Gasteiger partial charge in [-0.05, 0) is 45.0 Å². The van der Waals surface area contributed by atoms with Crippen molar-refractivity contribution in [2.75, 3.05) is 43.0 Å². The lowest BCUT2D eigenvalue weighted by Gasteiger charge is -2.36. The lowest BCUT2D eigenvalue weighted by Crippen LogP contribution is -2.50. The smallest absolute Gasteiger partial charge is 0.410 e. The van der Waals surface area contributed by atoms with Crippen molar-refractivity contribution in [2.24, 2.45) is 0 Å². The van der Waals surface area contributed by atoms with E-state index >= 15 is 0 Å². The van der Waals surface area contributed by atoms with Gasteiger partial charge < -0.3 is 19.3 Å². The number of hydrogen-bond acceptors (Lipinski definition) is 4. The number of ether oxygens (including phenoxy) is 2. The molecule has 0 radical (unpaired) electrons. The zero-order valence-corrected chi connectivity index (χ0v) is 15.6. The fourth-order valence-corrected chi connectivity index (χ4v) is 2.55. The van der Waals surface area contributed by atoms with E-state index in [9.17, 15) is 4.79 Å². The van der Waals surface area contributed by atoms with Crippen LogP contribution >= 0.6 is 15.9 Å². The Morgan fingerprint density at radius 2 is 1.74 bits per heavy atom. The second kappa shape index (κ2) is 7.90. The van der Waals surface area contributed by atoms with Gasteiger partial charge in [0, 0.05) is 37.2 Å². The summed E-state index contributed by atoms with van der Waals surface area (Å²) in [6.45, 7) is 9.30. The van der Waals surface area contributed by atoms with Crippen molar-refractivity contribution in [3.63, 3.8) is 0 Å². The van der Waals surface area contributed by atoms with Crippen molar-refractivity contribution in [3.05, 3.63) is 24.3 Å². The first-order chi connectivity index (χ1) is 10.9. The van der Waals surface area contributed by atoms with Gasteiger partial charge in [-0.25, -0.2) is 4.79 Å². The molecule has 0 atom stereocenters. The number of piperazine rings is 1. The molecule has 1 aromatic carbocycles. The zero-order chi connectivity index (χ0) is 16.9. The molecule has 1 amide bonds. The van der Waals surface area contributed by atoms with Crippen LogP contribution in [0, 0.1) is 0 Å². The van der Waals surface area contributed by atoms with Crippen LogP contribution in [0.2, 0.25) is 0 Å². The van der Waals surface area contributed by atoms with Gasteiger partial charge in [0.2, 0.25) is 0 Å². The Bertz CT molecular complexity index is 506. The van der Waals surface area contributed by atoms with Crippen molar-refractivity contribution >= 4 is 27.7 Å². The third-order valence-corrected chi connectivity index (χ3v) is 3.80. The maximum atomic E-state index is 12.1. The number of amides is 1. The van der Waals surface area contributed by atoms with Crippen molar-refractivity contribution in [3.8, 4) is 5.75 Å². The summed E-state index contributed by atoms with van der Waals surface area (Å²) in [6.07, 6.45) is -0.226. The van der Waals surface area contributed by atoms with E-state index in [0.717, 1.165) is 29.9 Å². The van der Waals surface area contributed by atoms with Crippen LogP contribution in [0.5, 0.6) is 5.75 Å². The van der Waals surface area contributed by atoms with Crippen LogP contribution in [-0.4, -0.2) is 54.7 Å². The summed E-state index contributed by atoms with van der Waals surface area (Å²) < 4.78 is 11.0. The average Bonchev–Trinajstić information content (AvgIpc) is 2.52. The van der Waals surface area contributed by atoms with E-state index in [0.29, 0.717) is 19.7 Å². The van der Waals surface area contributed by atoms with Crippen LogP contribution in [0.3, 0.4) is 0 Å². The fraction of sp³-hybridized carbons (Fsp3) is 0.588. The van der Waals surface area contributed by atoms with Gasteiger partial charge in [0.15, 0.2) is 0 Å². The fourth-order valence-electron chi connectivity index (χ4n) is 2.38. The molecular formula is C17H25BrN2O3. The van der Waals surface area contributed by atoms with Crippen LogP contribution in [0.4, 0.5) is 10.5 Å². The first kappa shape index (κ1) is 17.9. The van der Waals surface area contributed by atoms with Gasteiger partial charge in [0.25, 0.3) is 0 Å². The number of carbonyl (C=O) groups excluding carboxylic acids is 1. The van der Waals surface area contributed by atoms with Gasteiger partial charge in [0.05, 0.1) is 6.61 Å². The predicted octanol–water partition coefficient (Wildman–Crippen LogP) is 3.52. The van der Waals surface area contributed by atoms with Gasteiger partial charge in [0.1, 0.15) is 11.4 Å². The molecule has 1 aliphatic rings. The molecule has 23 heavy (non-hydrogen) atoms. The molecule has 0 spiro atoms. The lowest BCUT2D eigenvalue weighted by molar-refractivity contribution is 0.0240. The Morgan fingerprint density at radius 3 is 2.26 bits per heavy atom. The van der Waals surface area contributed by atoms with E-state index in [1.807, 2.05) is 32.9 Å². The first-order valence-electron chi connectivity index (χ1n) is 7.91. The average molecular weight is 385 g/mol. The molecule has 0 aliphatic carbocycles. The van der Waals surface area contributed by atoms with E-state index in [1.54, 1.807) is 4.90 Å². The molecule has 1 aliphatic heterocycles. The zero-order valence-electron chi connectivity index (χ0n) is 14.0. The second-order valence-electron chi connectivity index (χ2n) is 6.49. The molecular weight excluding hydrogens is 360 g/mol. The Kier molecular flexibility index (Phi) is 6.16. The first-order valence-corrected chi connectivity index (χ1v) is 9.03. The molecule has 0 unspecified atom stereocenters. The second-order valence-corrected chi connectivity index (χ2v) is 7.28. The van der Waals surface area contributed by atoms with E-state index in [4.69, 9.17) is 9.47 Å². The third-order valence-electron chi connectivity index (χ3n) is 3.48. The molecule has 2 rings (SSSR count). The minimum atomic E-state index is -0.445. The molecule has 1 aromatic rings. The minimum absolute atomic E-state index is 0.226. The highest BCUT2D eigenvalue weighted by molar-refractivity contribution is 9.09. The molecule has 128 valence electrons. The van der Waals surface area contributed by atoms with Crippen LogP contribution in [0.25, 0.3) is 0 Å². The van der Waals surface area contributed by atoms with Crippen LogP contribution < -0.4 is 9.64 Å². The van der Waals surface area contributed by atoms with Crippen LogP contribution in [0.15, 0.2) is 24.3 Å². The summed E-state index contributed by atoms with van der Waals surface area (Å²) in [4.78, 5) is 16.1. The third kappa shape index (κ3) is 5.61. The molecule has 0 bridgehead atoms. The molecule has 1 saturated heterocycles. The Balaban J connectivity index is 1.85. The van der Waals surface area contributed by atoms with Gasteiger partial charge in [-0.1, -0.05) is 15.9 Å². The number of anilines is 1. The molecule has 0 saturated carbocycles. The Hall–Kier alpha value is -1.43. The normalized spacial score (nSPS) is 15.5. The summed E-state index contributed by atoms with van der Waals surface area (Å²) in [7, 11) is 0. The van der Waals surface area contributed by atoms with Gasteiger partial charge >= 0.3 is 6.09 Å². The number of alkyl halides is 1. The predicted molar refractivity (Wildman–Crippen MR) is 95.8 cm³/mol. The maximum absolute atomic E-state index is 12.1. The monoisotopic (exact) mass is 384 g/mol. The standard InChI is InChI=1S/C17H25BrN2O3/c1-17(2,3)23-16(21)20-11-9-19(10-12-20)14-4-6-15(7-5-14)22-13-8-18/h4-7H,8-13H2,1-3H3. The molecule has 0 aromatic heterocycles. The highest BCUT2D eigenvalue weighted by atomic mass is 79.9. The van der Waals surface area contributed by atoms with E-state index < -0.39 is 5.60 Å². The quantitative estimate of drug-likeness (QED) is 0.744. The highest BCUT2D eigenvalue weighted by Crippen LogP contribution is 2.21. The summed E-state index contributed by atoms with van der Waals surface area (Å²) in [6, 6.07) is 8.09. The van der Waals surface area contributed by atoms with Crippen molar-refractivity contribution in [1.82, 2.24) is 4.90 Å². The minimum Gasteiger partial charge on any atom is -0.493 e.